The molecule has 139 heavy (non-hydrogen) atoms. The van der Waals surface area contributed by atoms with Crippen LogP contribution in [-0.4, -0.2) is 99.3 Å². The smallest absolute Gasteiger partial charge is 0.200 e. The van der Waals surface area contributed by atoms with Crippen molar-refractivity contribution in [3.63, 3.8) is 0 Å². The Balaban J connectivity index is 0.000000807. The highest BCUT2D eigenvalue weighted by Gasteiger charge is 2.38. The van der Waals surface area contributed by atoms with Gasteiger partial charge < -0.3 is 28.5 Å². The Morgan fingerprint density at radius 3 is 0.331 bits per heavy atom. The quantitative estimate of drug-likeness (QED) is 0.0126. The lowest BCUT2D eigenvalue weighted by atomic mass is 10.0. The Bertz CT molecular complexity index is 4370. The third-order valence-corrected chi connectivity index (χ3v) is 22.2. The number of hydrogen-bond acceptors (Lipinski definition) is 3. The van der Waals surface area contributed by atoms with E-state index in [0.29, 0.717) is 0 Å². The molecule has 0 radical (unpaired) electrons. The fraction of sp³-hybridized carbons (Fsp3) is 0.500. The molecule has 6 nitrogen and oxygen atoms in total. The summed E-state index contributed by atoms with van der Waals surface area (Å²) in [6, 6.07) is -0.865. The van der Waals surface area contributed by atoms with Crippen LogP contribution in [0.3, 0.4) is 0 Å². The maximum atomic E-state index is 13.4. The zero-order valence-electron chi connectivity index (χ0n) is 78.5. The van der Waals surface area contributed by atoms with Crippen molar-refractivity contribution >= 4 is 7.32 Å². The predicted octanol–water partition coefficient (Wildman–Crippen LogP) is 29.5. The molecule has 0 saturated heterocycles. The molecule has 8 aromatic rings. The van der Waals surface area contributed by atoms with Crippen molar-refractivity contribution in [3.8, 4) is 44.5 Å². The van der Waals surface area contributed by atoms with E-state index < -0.39 is 261 Å². The molecule has 0 amide bonds. The maximum Gasteiger partial charge on any atom is 0.200 e. The van der Waals surface area contributed by atoms with Crippen LogP contribution < -0.4 is 15.1 Å². The second-order valence-corrected chi connectivity index (χ2v) is 32.4. The van der Waals surface area contributed by atoms with E-state index in [4.69, 9.17) is 15.1 Å². The summed E-state index contributed by atoms with van der Waals surface area (Å²) in [7, 11) is -2.92. The van der Waals surface area contributed by atoms with Crippen molar-refractivity contribution in [1.82, 2.24) is 0 Å². The number of benzene rings is 8. The largest absolute Gasteiger partial charge is 0.907 e. The summed E-state index contributed by atoms with van der Waals surface area (Å²) in [5.41, 5.74) is -14.2. The molecule has 0 heterocycles. The third-order valence-electron chi connectivity index (χ3n) is 22.2. The Morgan fingerprint density at radius 1 is 0.151 bits per heavy atom. The molecular formula is C96H112BF36N3O3. The normalized spacial score (nSPS) is 11.3. The van der Waals surface area contributed by atoms with Gasteiger partial charge >= 0.3 is 0 Å². The highest BCUT2D eigenvalue weighted by Crippen LogP contribution is 2.41. The molecule has 8 rings (SSSR count). The zero-order chi connectivity index (χ0) is 107. The SMILES string of the molecule is CCCC[N+](CCCC)(CCCC)CCCC.CCCC[N+](CCCC)(CCCC)CCCC.CCCC[N+](CCCC)(CCCC)CCCC.Fc1cc(-c2c(F)c(F)c(F)c(F)c2F)c(F)c(F)c1F.Fc1cc(-c2c(F)c(F)c(F)c(F)c2F)c(F)c(F)c1F.Fc1cc(-c2c(F)c(F)c(F)c(F)c2F)c(F)c(F)c1F.Fc1cc(-c2c(F)c(F)c(F)c(F)c2F)c(F)c(F)c1F.[O-]B([O-])[O-]. The Labute approximate surface area is 785 Å². The molecule has 0 atom stereocenters. The molecule has 784 valence electrons. The number of nitrogens with zero attached hydrogens (tertiary/aromatic N) is 3. The van der Waals surface area contributed by atoms with Crippen molar-refractivity contribution in [2.24, 2.45) is 0 Å². The average Bonchev–Trinajstić information content (AvgIpc) is 0.774. The van der Waals surface area contributed by atoms with Crippen molar-refractivity contribution in [2.45, 2.75) is 237 Å². The zero-order valence-corrected chi connectivity index (χ0v) is 78.5. The molecule has 0 saturated carbocycles. The molecule has 0 unspecified atom stereocenters. The number of unbranched alkanes of at least 4 members (excludes halogenated alkanes) is 12. The van der Waals surface area contributed by atoms with E-state index in [-0.39, 0.29) is 24.3 Å². The van der Waals surface area contributed by atoms with E-state index in [9.17, 15) is 158 Å². The van der Waals surface area contributed by atoms with E-state index in [2.05, 4.69) is 83.1 Å². The summed E-state index contributed by atoms with van der Waals surface area (Å²) in [6.45, 7) is 45.1. The highest BCUT2D eigenvalue weighted by molar-refractivity contribution is 6.24. The summed E-state index contributed by atoms with van der Waals surface area (Å²) >= 11 is 0. The molecule has 43 heteroatoms. The molecule has 0 aliphatic heterocycles. The second-order valence-electron chi connectivity index (χ2n) is 32.4. The summed E-state index contributed by atoms with van der Waals surface area (Å²) in [6.07, 6.45) is 33.2. The molecular weight excluding hydrogens is 1940 g/mol. The van der Waals surface area contributed by atoms with Gasteiger partial charge in [0.25, 0.3) is 0 Å². The minimum atomic E-state index is -2.92. The van der Waals surface area contributed by atoms with Gasteiger partial charge in [-0.05, 0) is 101 Å². The number of halogens is 36. The molecule has 8 aromatic carbocycles. The minimum absolute atomic E-state index is 0.216. The van der Waals surface area contributed by atoms with Gasteiger partial charge in [-0.2, -0.15) is 0 Å². The van der Waals surface area contributed by atoms with E-state index in [0.717, 1.165) is 0 Å². The molecule has 0 N–H and O–H groups in total. The first-order chi connectivity index (χ1) is 65.2. The number of quaternary nitrogens is 3. The van der Waals surface area contributed by atoms with E-state index in [1.165, 1.54) is 246 Å². The monoisotopic (exact) mass is 2050 g/mol. The average molecular weight is 2050 g/mol. The first-order valence-corrected chi connectivity index (χ1v) is 45.1. The van der Waals surface area contributed by atoms with Gasteiger partial charge in [-0.25, -0.2) is 158 Å². The first-order valence-electron chi connectivity index (χ1n) is 45.1. The van der Waals surface area contributed by atoms with Gasteiger partial charge in [-0.3, -0.25) is 7.32 Å². The maximum absolute atomic E-state index is 13.4. The summed E-state index contributed by atoms with van der Waals surface area (Å²) in [5, 5.41) is 25.2. The summed E-state index contributed by atoms with van der Waals surface area (Å²) < 4.78 is 475. The number of hydrogen-bond donors (Lipinski definition) is 0. The molecule has 0 aromatic heterocycles. The van der Waals surface area contributed by atoms with Gasteiger partial charge in [0.1, 0.15) is 0 Å². The standard InChI is InChI=1S/3C16H36N.4C12HF9.BO3/c3*1-5-9-13-17(14-10-6-2,15-11-7-3)16-12-8-4;4*13-3-1-2(5(14)9(18)6(3)15)4-7(16)10(19)12(21)11(20)8(4)17;2-1(3)4/h3*5-16H2,1-4H3;4*1H;/q3*+1;;;;;-3. The van der Waals surface area contributed by atoms with E-state index in [1.807, 2.05) is 0 Å². The van der Waals surface area contributed by atoms with Gasteiger partial charge in [0, 0.05) is 22.3 Å². The predicted molar refractivity (Wildman–Crippen MR) is 450 cm³/mol. The lowest BCUT2D eigenvalue weighted by Gasteiger charge is -2.39. The van der Waals surface area contributed by atoms with Crippen LogP contribution in [0.15, 0.2) is 24.3 Å². The van der Waals surface area contributed by atoms with Crippen molar-refractivity contribution in [3.05, 3.63) is 234 Å². The van der Waals surface area contributed by atoms with Gasteiger partial charge in [-0.15, -0.1) is 0 Å². The number of rotatable bonds is 40. The first kappa shape index (κ1) is 128. The van der Waals surface area contributed by atoms with Crippen LogP contribution in [0.5, 0.6) is 0 Å². The van der Waals surface area contributed by atoms with Gasteiger partial charge in [-0.1, -0.05) is 160 Å². The lowest BCUT2D eigenvalue weighted by Crippen LogP contribution is -2.56. The fourth-order valence-electron chi connectivity index (χ4n) is 14.3. The van der Waals surface area contributed by atoms with Crippen LogP contribution in [-0.2, 0) is 0 Å². The van der Waals surface area contributed by atoms with Gasteiger partial charge in [0.05, 0.1) is 101 Å². The lowest BCUT2D eigenvalue weighted by molar-refractivity contribution is -0.929. The Kier molecular flexibility index (Phi) is 57.6. The molecule has 0 aliphatic rings. The summed E-state index contributed by atoms with van der Waals surface area (Å²) in [5.74, 6) is -86.0. The van der Waals surface area contributed by atoms with Gasteiger partial charge in [0.15, 0.2) is 186 Å². The van der Waals surface area contributed by atoms with Crippen LogP contribution in [0.25, 0.3) is 44.5 Å². The van der Waals surface area contributed by atoms with E-state index >= 15 is 0 Å². The summed E-state index contributed by atoms with van der Waals surface area (Å²) in [4.78, 5) is 0. The van der Waals surface area contributed by atoms with Crippen LogP contribution in [0.2, 0.25) is 0 Å². The van der Waals surface area contributed by atoms with Crippen molar-refractivity contribution in [1.29, 1.82) is 0 Å². The topological polar surface area (TPSA) is 69.2 Å². The van der Waals surface area contributed by atoms with E-state index in [1.54, 1.807) is 0 Å². The van der Waals surface area contributed by atoms with Crippen LogP contribution in [0.1, 0.15) is 237 Å². The molecule has 0 fully saturated rings. The van der Waals surface area contributed by atoms with Crippen LogP contribution >= 0.6 is 0 Å². The Morgan fingerprint density at radius 2 is 0.237 bits per heavy atom. The molecule has 0 bridgehead atoms. The van der Waals surface area contributed by atoms with Crippen LogP contribution in [0.4, 0.5) is 158 Å². The third kappa shape index (κ3) is 35.3. The second kappa shape index (κ2) is 62.5. The minimum Gasteiger partial charge on any atom is -0.907 e. The molecule has 0 spiro atoms. The molecule has 0 aliphatic carbocycles. The van der Waals surface area contributed by atoms with Gasteiger partial charge in [0.2, 0.25) is 23.3 Å². The Hall–Kier alpha value is -8.94. The van der Waals surface area contributed by atoms with Crippen molar-refractivity contribution in [2.75, 3.05) is 78.5 Å². The highest BCUT2D eigenvalue weighted by atomic mass is 19.2. The van der Waals surface area contributed by atoms with Crippen molar-refractivity contribution < 1.29 is 187 Å². The van der Waals surface area contributed by atoms with Crippen LogP contribution in [0, 0.1) is 209 Å². The fourth-order valence-corrected chi connectivity index (χ4v) is 14.3.